The van der Waals surface area contributed by atoms with Crippen LogP contribution in [0, 0.1) is 11.2 Å². The molecule has 11 heavy (non-hydrogen) atoms. The third kappa shape index (κ3) is 4.32. The third-order valence-electron chi connectivity index (χ3n) is 1.34. The van der Waals surface area contributed by atoms with Gasteiger partial charge in [-0.05, 0) is 12.9 Å². The smallest absolute Gasteiger partial charge is 0.232 e. The van der Waals surface area contributed by atoms with Crippen LogP contribution in [0.4, 0.5) is 0 Å². The summed E-state index contributed by atoms with van der Waals surface area (Å²) in [5.41, 5.74) is 0. The second-order valence-electron chi connectivity index (χ2n) is 2.33. The van der Waals surface area contributed by atoms with E-state index in [1.165, 1.54) is 7.85 Å². The number of nitriles is 1. The summed E-state index contributed by atoms with van der Waals surface area (Å²) in [4.78, 5) is 4.41. The topological polar surface area (TPSA) is 30.3 Å². The number of rotatable bonds is 1. The van der Waals surface area contributed by atoms with E-state index in [1.807, 2.05) is 0 Å². The molecule has 1 aliphatic heterocycles. The Morgan fingerprint density at radius 1 is 1.64 bits per heavy atom. The maximum atomic E-state index is 7.32. The van der Waals surface area contributed by atoms with Crippen molar-refractivity contribution >= 4 is 7.85 Å². The average Bonchev–Trinajstić information content (AvgIpc) is 2.37. The molecule has 0 bridgehead atoms. The molecule has 0 aromatic carbocycles. The van der Waals surface area contributed by atoms with Gasteiger partial charge in [0, 0.05) is 26.0 Å². The van der Waals surface area contributed by atoms with E-state index in [-0.39, 0.29) is 0 Å². The van der Waals surface area contributed by atoms with Gasteiger partial charge in [0.05, 0.1) is 6.67 Å². The minimum absolute atomic E-state index is 1.05. The molecule has 0 radical (unpaired) electrons. The van der Waals surface area contributed by atoms with Crippen LogP contribution in [0.3, 0.4) is 0 Å². The number of nitrogens with zero attached hydrogens (tertiary/aromatic N) is 3. The molecule has 0 aliphatic carbocycles. The van der Waals surface area contributed by atoms with Crippen LogP contribution in [0.25, 0.3) is 0 Å². The Morgan fingerprint density at radius 2 is 2.18 bits per heavy atom. The van der Waals surface area contributed by atoms with E-state index in [1.54, 1.807) is 5.97 Å². The lowest BCUT2D eigenvalue weighted by molar-refractivity contribution is 0.308. The van der Waals surface area contributed by atoms with E-state index in [2.05, 4.69) is 36.2 Å². The molecule has 1 aliphatic rings. The van der Waals surface area contributed by atoms with Crippen molar-refractivity contribution in [2.45, 2.75) is 6.92 Å². The maximum Gasteiger partial charge on any atom is 0.232 e. The van der Waals surface area contributed by atoms with E-state index in [0.29, 0.717) is 0 Å². The maximum absolute atomic E-state index is 7.32. The molecule has 0 fully saturated rings. The fourth-order valence-electron chi connectivity index (χ4n) is 0.794. The first kappa shape index (κ1) is 9.89. The molecule has 0 saturated carbocycles. The summed E-state index contributed by atoms with van der Waals surface area (Å²) < 4.78 is 0. The Labute approximate surface area is 69.3 Å². The highest BCUT2D eigenvalue weighted by molar-refractivity contribution is 6.20. The second kappa shape index (κ2) is 5.66. The molecule has 0 amide bonds. The van der Waals surface area contributed by atoms with Crippen molar-refractivity contribution in [3.63, 3.8) is 0 Å². The van der Waals surface area contributed by atoms with Crippen molar-refractivity contribution < 1.29 is 0 Å². The Hall–Kier alpha value is -1.11. The molecule has 0 aromatic rings. The van der Waals surface area contributed by atoms with Gasteiger partial charge in [-0.1, -0.05) is 0 Å². The zero-order valence-corrected chi connectivity index (χ0v) is 7.41. The molecule has 0 N–H and O–H groups in total. The lowest BCUT2D eigenvalue weighted by Crippen LogP contribution is -2.21. The quantitative estimate of drug-likeness (QED) is 0.485. The van der Waals surface area contributed by atoms with Crippen LogP contribution < -0.4 is 0 Å². The van der Waals surface area contributed by atoms with Crippen LogP contribution in [-0.4, -0.2) is 37.9 Å². The third-order valence-corrected chi connectivity index (χ3v) is 1.34. The van der Waals surface area contributed by atoms with E-state index >= 15 is 0 Å². The highest BCUT2D eigenvalue weighted by Crippen LogP contribution is 2.00. The summed E-state index contributed by atoms with van der Waals surface area (Å²) in [6.07, 6.45) is 4.20. The van der Waals surface area contributed by atoms with Gasteiger partial charge in [-0.2, -0.15) is 0 Å². The van der Waals surface area contributed by atoms with Gasteiger partial charge in [0.15, 0.2) is 0 Å². The standard InChI is InChI=1S/C6H12N2.CH2BN/c1-3-8-5-4-7(2)6-8;2-1-3/h4-5H,3,6H2,1-2H3;2H2. The fraction of sp³-hybridized carbons (Fsp3) is 0.571. The molecule has 60 valence electrons. The molecular formula is C7H14BN3. The van der Waals surface area contributed by atoms with Crippen LogP contribution in [0.15, 0.2) is 12.4 Å². The van der Waals surface area contributed by atoms with Gasteiger partial charge in [0.2, 0.25) is 7.85 Å². The van der Waals surface area contributed by atoms with Gasteiger partial charge in [-0.25, -0.2) is 5.26 Å². The molecular weight excluding hydrogens is 137 g/mol. The van der Waals surface area contributed by atoms with Crippen molar-refractivity contribution in [2.75, 3.05) is 20.3 Å². The van der Waals surface area contributed by atoms with E-state index in [4.69, 9.17) is 5.26 Å². The molecule has 3 nitrogen and oxygen atoms in total. The summed E-state index contributed by atoms with van der Waals surface area (Å²) in [5, 5.41) is 7.32. The molecule has 1 rings (SSSR count). The average molecular weight is 151 g/mol. The van der Waals surface area contributed by atoms with Crippen molar-refractivity contribution in [3.8, 4) is 5.97 Å². The zero-order valence-electron chi connectivity index (χ0n) is 7.41. The zero-order chi connectivity index (χ0) is 8.69. The summed E-state index contributed by atoms with van der Waals surface area (Å²) >= 11 is 0. The lowest BCUT2D eigenvalue weighted by Gasteiger charge is -2.14. The minimum Gasteiger partial charge on any atom is -0.362 e. The normalized spacial score (nSPS) is 13.9. The Morgan fingerprint density at radius 3 is 2.36 bits per heavy atom. The molecule has 0 atom stereocenters. The molecule has 1 heterocycles. The Balaban J connectivity index is 0.000000292. The Kier molecular flexibility index (Phi) is 5.09. The first-order chi connectivity index (χ1) is 5.24. The highest BCUT2D eigenvalue weighted by atomic mass is 15.3. The monoisotopic (exact) mass is 151 g/mol. The molecule has 0 spiro atoms. The summed E-state index contributed by atoms with van der Waals surface area (Å²) in [6, 6.07) is 0. The Bertz CT molecular complexity index is 162. The van der Waals surface area contributed by atoms with E-state index in [0.717, 1.165) is 13.2 Å². The van der Waals surface area contributed by atoms with Gasteiger partial charge in [-0.3, -0.25) is 0 Å². The van der Waals surface area contributed by atoms with Crippen molar-refractivity contribution in [1.82, 2.24) is 9.80 Å². The number of hydrogen-bond donors (Lipinski definition) is 0. The second-order valence-corrected chi connectivity index (χ2v) is 2.33. The lowest BCUT2D eigenvalue weighted by atomic mass is 10.2. The van der Waals surface area contributed by atoms with Gasteiger partial charge in [-0.15, -0.1) is 0 Å². The van der Waals surface area contributed by atoms with Gasteiger partial charge < -0.3 is 9.80 Å². The molecule has 0 saturated heterocycles. The van der Waals surface area contributed by atoms with Crippen LogP contribution in [0.1, 0.15) is 6.92 Å². The SMILES string of the molecule is BC#N.CCN1C=CN(C)C1. The van der Waals surface area contributed by atoms with Gasteiger partial charge in [0.1, 0.15) is 0 Å². The van der Waals surface area contributed by atoms with Crippen molar-refractivity contribution in [1.29, 1.82) is 5.26 Å². The van der Waals surface area contributed by atoms with E-state index in [9.17, 15) is 0 Å². The molecule has 0 unspecified atom stereocenters. The first-order valence-corrected chi connectivity index (χ1v) is 3.68. The minimum atomic E-state index is 1.05. The predicted molar refractivity (Wildman–Crippen MR) is 48.3 cm³/mol. The summed E-state index contributed by atoms with van der Waals surface area (Å²) in [6.45, 7) is 4.32. The van der Waals surface area contributed by atoms with Crippen LogP contribution in [0.5, 0.6) is 0 Å². The van der Waals surface area contributed by atoms with Crippen LogP contribution >= 0.6 is 0 Å². The van der Waals surface area contributed by atoms with Crippen LogP contribution in [0.2, 0.25) is 0 Å². The fourth-order valence-corrected chi connectivity index (χ4v) is 0.794. The summed E-state index contributed by atoms with van der Waals surface area (Å²) in [5.74, 6) is 1.75. The highest BCUT2D eigenvalue weighted by Gasteiger charge is 2.03. The van der Waals surface area contributed by atoms with Gasteiger partial charge >= 0.3 is 0 Å². The molecule has 4 heteroatoms. The predicted octanol–water partition coefficient (Wildman–Crippen LogP) is -0.217. The number of hydrogen-bond acceptors (Lipinski definition) is 3. The summed E-state index contributed by atoms with van der Waals surface area (Å²) in [7, 11) is 3.51. The first-order valence-electron chi connectivity index (χ1n) is 3.68. The van der Waals surface area contributed by atoms with Crippen molar-refractivity contribution in [2.24, 2.45) is 0 Å². The molecule has 0 aromatic heterocycles. The largest absolute Gasteiger partial charge is 0.362 e. The van der Waals surface area contributed by atoms with Gasteiger partial charge in [0.25, 0.3) is 0 Å². The van der Waals surface area contributed by atoms with Crippen LogP contribution in [-0.2, 0) is 0 Å². The van der Waals surface area contributed by atoms with Crippen molar-refractivity contribution in [3.05, 3.63) is 12.4 Å². The van der Waals surface area contributed by atoms with E-state index < -0.39 is 0 Å².